The SMILES string of the molecule is O=C(c1cccc(Cl)c1Cl)N1CCn2c(nnc2C(F)(F)F)[C@@H]1c1ccccc1. The number of alkyl halides is 3. The largest absolute Gasteiger partial charge is 0.451 e. The van der Waals surface area contributed by atoms with Gasteiger partial charge in [0, 0.05) is 13.1 Å². The summed E-state index contributed by atoms with van der Waals surface area (Å²) < 4.78 is 41.0. The molecule has 1 atom stereocenters. The number of amides is 1. The van der Waals surface area contributed by atoms with Crippen LogP contribution in [0.1, 0.15) is 33.6 Å². The molecule has 0 spiro atoms. The van der Waals surface area contributed by atoms with Gasteiger partial charge in [0.05, 0.1) is 15.6 Å². The minimum atomic E-state index is -4.64. The number of carbonyl (C=O) groups is 1. The first kappa shape index (κ1) is 19.7. The molecule has 1 aromatic heterocycles. The van der Waals surface area contributed by atoms with Crippen LogP contribution in [0.25, 0.3) is 0 Å². The molecule has 2 heterocycles. The normalized spacial score (nSPS) is 16.6. The van der Waals surface area contributed by atoms with Crippen molar-refractivity contribution in [2.75, 3.05) is 6.54 Å². The Morgan fingerprint density at radius 1 is 1.00 bits per heavy atom. The van der Waals surface area contributed by atoms with Crippen LogP contribution >= 0.6 is 23.2 Å². The lowest BCUT2D eigenvalue weighted by molar-refractivity contribution is -0.148. The Hall–Kier alpha value is -2.58. The third kappa shape index (κ3) is 3.47. The van der Waals surface area contributed by atoms with Crippen LogP contribution in [0.5, 0.6) is 0 Å². The molecule has 5 nitrogen and oxygen atoms in total. The van der Waals surface area contributed by atoms with Crippen LogP contribution < -0.4 is 0 Å². The number of carbonyl (C=O) groups excluding carboxylic acids is 1. The Balaban J connectivity index is 1.84. The Morgan fingerprint density at radius 3 is 2.41 bits per heavy atom. The highest BCUT2D eigenvalue weighted by molar-refractivity contribution is 6.43. The summed E-state index contributed by atoms with van der Waals surface area (Å²) in [5.74, 6) is -1.49. The average Bonchev–Trinajstić information content (AvgIpc) is 3.14. The molecule has 2 aromatic carbocycles. The minimum Gasteiger partial charge on any atom is -0.322 e. The Morgan fingerprint density at radius 2 is 1.72 bits per heavy atom. The van der Waals surface area contributed by atoms with E-state index in [1.165, 1.54) is 11.0 Å². The van der Waals surface area contributed by atoms with Crippen molar-refractivity contribution in [1.82, 2.24) is 19.7 Å². The third-order valence-corrected chi connectivity index (χ3v) is 5.53. The highest BCUT2D eigenvalue weighted by atomic mass is 35.5. The number of fused-ring (bicyclic) bond motifs is 1. The van der Waals surface area contributed by atoms with Gasteiger partial charge in [-0.25, -0.2) is 0 Å². The summed E-state index contributed by atoms with van der Waals surface area (Å²) in [5, 5.41) is 7.44. The number of halogens is 5. The van der Waals surface area contributed by atoms with E-state index in [2.05, 4.69) is 10.2 Å². The van der Waals surface area contributed by atoms with Crippen LogP contribution in [0.15, 0.2) is 48.5 Å². The summed E-state index contributed by atoms with van der Waals surface area (Å²) in [4.78, 5) is 14.7. The molecular formula is C19H13Cl2F3N4O. The molecule has 0 saturated carbocycles. The summed E-state index contributed by atoms with van der Waals surface area (Å²) in [5.41, 5.74) is 0.783. The molecule has 0 bridgehead atoms. The van der Waals surface area contributed by atoms with Crippen molar-refractivity contribution in [2.45, 2.75) is 18.8 Å². The fourth-order valence-electron chi connectivity index (χ4n) is 3.43. The molecule has 0 radical (unpaired) electrons. The van der Waals surface area contributed by atoms with Gasteiger partial charge in [0.15, 0.2) is 5.82 Å². The van der Waals surface area contributed by atoms with Crippen molar-refractivity contribution in [1.29, 1.82) is 0 Å². The summed E-state index contributed by atoms with van der Waals surface area (Å²) >= 11 is 12.2. The second kappa shape index (κ2) is 7.35. The number of hydrogen-bond donors (Lipinski definition) is 0. The maximum absolute atomic E-state index is 13.3. The summed E-state index contributed by atoms with van der Waals surface area (Å²) in [6, 6.07) is 12.5. The number of aromatic nitrogens is 3. The molecule has 10 heteroatoms. The zero-order valence-corrected chi connectivity index (χ0v) is 16.2. The number of hydrogen-bond acceptors (Lipinski definition) is 3. The topological polar surface area (TPSA) is 51.0 Å². The predicted octanol–water partition coefficient (Wildman–Crippen LogP) is 4.85. The van der Waals surface area contributed by atoms with Gasteiger partial charge in [-0.3, -0.25) is 4.79 Å². The predicted molar refractivity (Wildman–Crippen MR) is 101 cm³/mol. The number of benzene rings is 2. The number of nitrogens with zero attached hydrogens (tertiary/aromatic N) is 4. The van der Waals surface area contributed by atoms with E-state index in [1.54, 1.807) is 42.5 Å². The lowest BCUT2D eigenvalue weighted by atomic mass is 10.0. The minimum absolute atomic E-state index is 0.0232. The zero-order valence-electron chi connectivity index (χ0n) is 14.7. The van der Waals surface area contributed by atoms with Gasteiger partial charge in [-0.05, 0) is 17.7 Å². The molecule has 0 saturated heterocycles. The maximum atomic E-state index is 13.3. The van der Waals surface area contributed by atoms with Crippen molar-refractivity contribution in [3.05, 3.63) is 81.4 Å². The summed E-state index contributed by atoms with van der Waals surface area (Å²) in [6.45, 7) is -0.0697. The monoisotopic (exact) mass is 440 g/mol. The molecule has 1 aliphatic heterocycles. The third-order valence-electron chi connectivity index (χ3n) is 4.71. The molecule has 1 amide bonds. The van der Waals surface area contributed by atoms with Crippen LogP contribution in [-0.4, -0.2) is 32.1 Å². The molecular weight excluding hydrogens is 428 g/mol. The Labute approximate surface area is 173 Å². The molecule has 0 unspecified atom stereocenters. The Kier molecular flexibility index (Phi) is 5.00. The quantitative estimate of drug-likeness (QED) is 0.572. The first-order chi connectivity index (χ1) is 13.8. The van der Waals surface area contributed by atoms with Gasteiger partial charge < -0.3 is 9.47 Å². The fourth-order valence-corrected chi connectivity index (χ4v) is 3.81. The van der Waals surface area contributed by atoms with E-state index >= 15 is 0 Å². The van der Waals surface area contributed by atoms with Gasteiger partial charge in [0.1, 0.15) is 6.04 Å². The molecule has 1 aliphatic rings. The van der Waals surface area contributed by atoms with Crippen LogP contribution in [0.3, 0.4) is 0 Å². The molecule has 4 rings (SSSR count). The van der Waals surface area contributed by atoms with Crippen molar-refractivity contribution < 1.29 is 18.0 Å². The van der Waals surface area contributed by atoms with Gasteiger partial charge in [0.25, 0.3) is 5.91 Å². The van der Waals surface area contributed by atoms with Crippen molar-refractivity contribution in [2.24, 2.45) is 0 Å². The van der Waals surface area contributed by atoms with Crippen LogP contribution in [0.2, 0.25) is 10.0 Å². The molecule has 29 heavy (non-hydrogen) atoms. The smallest absolute Gasteiger partial charge is 0.322 e. The van der Waals surface area contributed by atoms with Gasteiger partial charge >= 0.3 is 6.18 Å². The summed E-state index contributed by atoms with van der Waals surface area (Å²) in [6.07, 6.45) is -4.64. The van der Waals surface area contributed by atoms with E-state index in [-0.39, 0.29) is 34.5 Å². The van der Waals surface area contributed by atoms with Crippen LogP contribution in [0.4, 0.5) is 13.2 Å². The first-order valence-corrected chi connectivity index (χ1v) is 9.35. The van der Waals surface area contributed by atoms with E-state index in [0.29, 0.717) is 5.56 Å². The molecule has 0 aliphatic carbocycles. The lowest BCUT2D eigenvalue weighted by Crippen LogP contribution is -2.43. The summed E-state index contributed by atoms with van der Waals surface area (Å²) in [7, 11) is 0. The van der Waals surface area contributed by atoms with Gasteiger partial charge in [-0.2, -0.15) is 13.2 Å². The first-order valence-electron chi connectivity index (χ1n) is 8.59. The van der Waals surface area contributed by atoms with Crippen molar-refractivity contribution in [3.63, 3.8) is 0 Å². The van der Waals surface area contributed by atoms with E-state index in [9.17, 15) is 18.0 Å². The molecule has 150 valence electrons. The highest BCUT2D eigenvalue weighted by Gasteiger charge is 2.43. The number of rotatable bonds is 2. The van der Waals surface area contributed by atoms with E-state index in [1.807, 2.05) is 0 Å². The van der Waals surface area contributed by atoms with Gasteiger partial charge in [-0.1, -0.05) is 59.6 Å². The fraction of sp³-hybridized carbons (Fsp3) is 0.211. The van der Waals surface area contributed by atoms with E-state index in [4.69, 9.17) is 23.2 Å². The molecule has 0 fully saturated rings. The van der Waals surface area contributed by atoms with Gasteiger partial charge in [-0.15, -0.1) is 10.2 Å². The van der Waals surface area contributed by atoms with E-state index in [0.717, 1.165) is 4.57 Å². The van der Waals surface area contributed by atoms with Gasteiger partial charge in [0.2, 0.25) is 5.82 Å². The molecule has 3 aromatic rings. The standard InChI is InChI=1S/C19H13Cl2F3N4O/c20-13-8-4-7-12(14(13)21)17(29)27-9-10-28-16(25-26-18(28)19(22,23)24)15(27)11-5-2-1-3-6-11/h1-8,15H,9-10H2/t15-/m0/s1. The van der Waals surface area contributed by atoms with Crippen LogP contribution in [0, 0.1) is 0 Å². The maximum Gasteiger partial charge on any atom is 0.451 e. The zero-order chi connectivity index (χ0) is 20.8. The van der Waals surface area contributed by atoms with E-state index < -0.39 is 23.9 Å². The van der Waals surface area contributed by atoms with Crippen molar-refractivity contribution in [3.8, 4) is 0 Å². The Bertz CT molecular complexity index is 1070. The lowest BCUT2D eigenvalue weighted by Gasteiger charge is -2.36. The highest BCUT2D eigenvalue weighted by Crippen LogP contribution is 2.37. The van der Waals surface area contributed by atoms with Crippen LogP contribution in [-0.2, 0) is 12.7 Å². The molecule has 0 N–H and O–H groups in total. The second-order valence-corrected chi connectivity index (χ2v) is 7.23. The second-order valence-electron chi connectivity index (χ2n) is 6.44. The van der Waals surface area contributed by atoms with Crippen molar-refractivity contribution >= 4 is 29.1 Å². The average molecular weight is 441 g/mol.